The predicted octanol–water partition coefficient (Wildman–Crippen LogP) is 6.80. The van der Waals surface area contributed by atoms with E-state index in [1.807, 2.05) is 72.8 Å². The fraction of sp³-hybridized carbons (Fsp3) is 0. The van der Waals surface area contributed by atoms with Crippen molar-refractivity contribution in [3.63, 3.8) is 0 Å². The number of para-hydroxylation sites is 2. The minimum absolute atomic E-state index is 0.674. The molecular formula is C18H12Br2O2. The van der Waals surface area contributed by atoms with E-state index in [0.29, 0.717) is 11.5 Å². The van der Waals surface area contributed by atoms with Gasteiger partial charge in [0.05, 0.1) is 0 Å². The van der Waals surface area contributed by atoms with E-state index in [1.54, 1.807) is 0 Å². The molecule has 0 radical (unpaired) electrons. The van der Waals surface area contributed by atoms with Crippen molar-refractivity contribution in [3.8, 4) is 23.0 Å². The summed E-state index contributed by atoms with van der Waals surface area (Å²) in [6, 6.07) is 23.0. The second-order valence-electron chi connectivity index (χ2n) is 4.56. The molecule has 0 fully saturated rings. The van der Waals surface area contributed by atoms with Crippen LogP contribution in [0, 0.1) is 0 Å². The molecule has 0 saturated carbocycles. The molecule has 0 heterocycles. The van der Waals surface area contributed by atoms with Crippen LogP contribution in [0.25, 0.3) is 0 Å². The third-order valence-electron chi connectivity index (χ3n) is 2.93. The highest BCUT2D eigenvalue weighted by molar-refractivity contribution is 9.10. The van der Waals surface area contributed by atoms with Crippen molar-refractivity contribution in [2.24, 2.45) is 0 Å². The van der Waals surface area contributed by atoms with Gasteiger partial charge in [-0.05, 0) is 60.7 Å². The van der Waals surface area contributed by atoms with Crippen LogP contribution in [0.1, 0.15) is 0 Å². The average molecular weight is 420 g/mol. The van der Waals surface area contributed by atoms with E-state index in [1.165, 1.54) is 0 Å². The summed E-state index contributed by atoms with van der Waals surface area (Å²) in [5, 5.41) is 0. The Hall–Kier alpha value is -1.78. The molecule has 4 heteroatoms. The van der Waals surface area contributed by atoms with Gasteiger partial charge in [-0.25, -0.2) is 0 Å². The van der Waals surface area contributed by atoms with Gasteiger partial charge in [0, 0.05) is 8.95 Å². The molecule has 0 N–H and O–H groups in total. The monoisotopic (exact) mass is 418 g/mol. The zero-order chi connectivity index (χ0) is 15.4. The highest BCUT2D eigenvalue weighted by atomic mass is 79.9. The zero-order valence-electron chi connectivity index (χ0n) is 11.5. The molecule has 0 amide bonds. The van der Waals surface area contributed by atoms with Gasteiger partial charge >= 0.3 is 0 Å². The van der Waals surface area contributed by atoms with E-state index >= 15 is 0 Å². The molecule has 0 aromatic heterocycles. The Morgan fingerprint density at radius 1 is 0.500 bits per heavy atom. The van der Waals surface area contributed by atoms with Gasteiger partial charge in [0.25, 0.3) is 0 Å². The predicted molar refractivity (Wildman–Crippen MR) is 94.9 cm³/mol. The quantitative estimate of drug-likeness (QED) is 0.463. The first-order valence-electron chi connectivity index (χ1n) is 6.66. The van der Waals surface area contributed by atoms with Crippen LogP contribution in [0.2, 0.25) is 0 Å². The largest absolute Gasteiger partial charge is 0.453 e. The maximum Gasteiger partial charge on any atom is 0.169 e. The topological polar surface area (TPSA) is 18.5 Å². The molecule has 110 valence electrons. The Balaban J connectivity index is 1.83. The molecule has 3 aromatic rings. The molecule has 0 saturated heterocycles. The van der Waals surface area contributed by atoms with Crippen LogP contribution in [0.3, 0.4) is 0 Å². The fourth-order valence-electron chi connectivity index (χ4n) is 1.88. The standard InChI is InChI=1S/C18H12Br2O2/c19-13-5-9-15(10-6-13)21-17-3-1-2-4-18(17)22-16-11-7-14(20)8-12-16/h1-12H. The molecule has 3 rings (SSSR count). The van der Waals surface area contributed by atoms with E-state index in [4.69, 9.17) is 9.47 Å². The molecule has 0 bridgehead atoms. The van der Waals surface area contributed by atoms with Crippen molar-refractivity contribution in [2.45, 2.75) is 0 Å². The van der Waals surface area contributed by atoms with Gasteiger partial charge in [-0.2, -0.15) is 0 Å². The molecular weight excluding hydrogens is 408 g/mol. The molecule has 0 aliphatic rings. The summed E-state index contributed by atoms with van der Waals surface area (Å²) in [4.78, 5) is 0. The Bertz CT molecular complexity index is 686. The van der Waals surface area contributed by atoms with E-state index < -0.39 is 0 Å². The lowest BCUT2D eigenvalue weighted by Gasteiger charge is -2.12. The maximum absolute atomic E-state index is 5.91. The number of halogens is 2. The van der Waals surface area contributed by atoms with Crippen LogP contribution in [0.4, 0.5) is 0 Å². The van der Waals surface area contributed by atoms with Gasteiger partial charge in [-0.15, -0.1) is 0 Å². The highest BCUT2D eigenvalue weighted by Crippen LogP contribution is 2.35. The van der Waals surface area contributed by atoms with Gasteiger partial charge in [-0.3, -0.25) is 0 Å². The Kier molecular flexibility index (Phi) is 4.80. The zero-order valence-corrected chi connectivity index (χ0v) is 14.7. The molecule has 22 heavy (non-hydrogen) atoms. The average Bonchev–Trinajstić information content (AvgIpc) is 2.54. The summed E-state index contributed by atoms with van der Waals surface area (Å²) in [7, 11) is 0. The van der Waals surface area contributed by atoms with Crippen molar-refractivity contribution in [3.05, 3.63) is 81.7 Å². The number of hydrogen-bond acceptors (Lipinski definition) is 2. The third kappa shape index (κ3) is 3.90. The third-order valence-corrected chi connectivity index (χ3v) is 3.99. The number of hydrogen-bond donors (Lipinski definition) is 0. The lowest BCUT2D eigenvalue weighted by molar-refractivity contribution is 0.419. The SMILES string of the molecule is Brc1ccc(Oc2ccccc2Oc2ccc(Br)cc2)cc1. The lowest BCUT2D eigenvalue weighted by atomic mass is 10.3. The van der Waals surface area contributed by atoms with Crippen LogP contribution >= 0.6 is 31.9 Å². The van der Waals surface area contributed by atoms with Crippen LogP contribution in [-0.4, -0.2) is 0 Å². The number of benzene rings is 3. The molecule has 2 nitrogen and oxygen atoms in total. The minimum Gasteiger partial charge on any atom is -0.453 e. The summed E-state index contributed by atoms with van der Waals surface area (Å²) in [5.74, 6) is 2.87. The van der Waals surface area contributed by atoms with E-state index in [0.717, 1.165) is 20.4 Å². The summed E-state index contributed by atoms with van der Waals surface area (Å²) in [6.07, 6.45) is 0. The van der Waals surface area contributed by atoms with Crippen molar-refractivity contribution >= 4 is 31.9 Å². The number of ether oxygens (including phenoxy) is 2. The van der Waals surface area contributed by atoms with E-state index in [2.05, 4.69) is 31.9 Å². The van der Waals surface area contributed by atoms with Crippen LogP contribution in [-0.2, 0) is 0 Å². The Labute approximate surface area is 146 Å². The first kappa shape index (κ1) is 15.1. The van der Waals surface area contributed by atoms with Crippen LogP contribution in [0.15, 0.2) is 81.7 Å². The summed E-state index contributed by atoms with van der Waals surface area (Å²) < 4.78 is 13.8. The second kappa shape index (κ2) is 6.99. The fourth-order valence-corrected chi connectivity index (χ4v) is 2.41. The molecule has 0 atom stereocenters. The van der Waals surface area contributed by atoms with Crippen molar-refractivity contribution < 1.29 is 9.47 Å². The van der Waals surface area contributed by atoms with Gasteiger partial charge in [0.15, 0.2) is 11.5 Å². The summed E-state index contributed by atoms with van der Waals surface area (Å²) >= 11 is 6.82. The van der Waals surface area contributed by atoms with Gasteiger partial charge in [-0.1, -0.05) is 44.0 Å². The second-order valence-corrected chi connectivity index (χ2v) is 6.39. The first-order chi connectivity index (χ1) is 10.7. The maximum atomic E-state index is 5.91. The lowest BCUT2D eigenvalue weighted by Crippen LogP contribution is -1.90. The molecule has 0 spiro atoms. The van der Waals surface area contributed by atoms with E-state index in [-0.39, 0.29) is 0 Å². The van der Waals surface area contributed by atoms with E-state index in [9.17, 15) is 0 Å². The smallest absolute Gasteiger partial charge is 0.169 e. The summed E-state index contributed by atoms with van der Waals surface area (Å²) in [5.41, 5.74) is 0. The molecule has 0 aliphatic carbocycles. The van der Waals surface area contributed by atoms with Crippen LogP contribution in [0.5, 0.6) is 23.0 Å². The Morgan fingerprint density at radius 2 is 0.864 bits per heavy atom. The van der Waals surface area contributed by atoms with Crippen molar-refractivity contribution in [1.29, 1.82) is 0 Å². The highest BCUT2D eigenvalue weighted by Gasteiger charge is 2.07. The van der Waals surface area contributed by atoms with Crippen molar-refractivity contribution in [1.82, 2.24) is 0 Å². The summed E-state index contributed by atoms with van der Waals surface area (Å²) in [6.45, 7) is 0. The van der Waals surface area contributed by atoms with Gasteiger partial charge in [0.2, 0.25) is 0 Å². The first-order valence-corrected chi connectivity index (χ1v) is 8.25. The normalized spacial score (nSPS) is 10.3. The molecule has 3 aromatic carbocycles. The number of rotatable bonds is 4. The molecule has 0 aliphatic heterocycles. The van der Waals surface area contributed by atoms with Crippen molar-refractivity contribution in [2.75, 3.05) is 0 Å². The molecule has 0 unspecified atom stereocenters. The van der Waals surface area contributed by atoms with Gasteiger partial charge < -0.3 is 9.47 Å². The minimum atomic E-state index is 0.674. The van der Waals surface area contributed by atoms with Crippen LogP contribution < -0.4 is 9.47 Å². The Morgan fingerprint density at radius 3 is 1.23 bits per heavy atom. The van der Waals surface area contributed by atoms with Gasteiger partial charge in [0.1, 0.15) is 11.5 Å².